The van der Waals surface area contributed by atoms with Gasteiger partial charge in [-0.3, -0.25) is 0 Å². The van der Waals surface area contributed by atoms with E-state index in [0.29, 0.717) is 27.3 Å². The third kappa shape index (κ3) is 2.62. The van der Waals surface area contributed by atoms with Crippen LogP contribution >= 0.6 is 23.2 Å². The summed E-state index contributed by atoms with van der Waals surface area (Å²) < 4.78 is 1.63. The third-order valence-corrected chi connectivity index (χ3v) is 4.16. The van der Waals surface area contributed by atoms with Crippen molar-refractivity contribution in [3.8, 4) is 22.5 Å². The molecule has 7 heteroatoms. The van der Waals surface area contributed by atoms with Crippen molar-refractivity contribution in [2.24, 2.45) is 0 Å². The van der Waals surface area contributed by atoms with E-state index < -0.39 is 0 Å². The van der Waals surface area contributed by atoms with Crippen LogP contribution in [0.15, 0.2) is 48.5 Å². The minimum absolute atomic E-state index is 0.454. The zero-order valence-electron chi connectivity index (χ0n) is 12.6. The maximum Gasteiger partial charge on any atom is 0.272 e. The van der Waals surface area contributed by atoms with Crippen LogP contribution in [0.4, 0.5) is 0 Å². The predicted octanol–water partition coefficient (Wildman–Crippen LogP) is 4.47. The Kier molecular flexibility index (Phi) is 3.67. The first-order chi connectivity index (χ1) is 11.6. The normalized spacial score (nSPS) is 11.1. The molecule has 0 saturated heterocycles. The van der Waals surface area contributed by atoms with Crippen LogP contribution in [0, 0.1) is 6.92 Å². The first-order valence-corrected chi connectivity index (χ1v) is 7.99. The number of hydrogen-bond acceptors (Lipinski definition) is 4. The standard InChI is InChI=1S/C17H11Cl2N5/c1-10-21-22-17-20-15(11-2-6-13(18)7-3-11)16(23-24(10)17)12-4-8-14(19)9-5-12/h2-9H,1H3. The fraction of sp³-hybridized carbons (Fsp3) is 0.0588. The van der Waals surface area contributed by atoms with Crippen molar-refractivity contribution in [3.63, 3.8) is 0 Å². The highest BCUT2D eigenvalue weighted by molar-refractivity contribution is 6.31. The molecule has 0 N–H and O–H groups in total. The van der Waals surface area contributed by atoms with Crippen molar-refractivity contribution < 1.29 is 0 Å². The van der Waals surface area contributed by atoms with Gasteiger partial charge in [0.1, 0.15) is 11.4 Å². The van der Waals surface area contributed by atoms with Gasteiger partial charge in [-0.05, 0) is 31.2 Å². The van der Waals surface area contributed by atoms with Gasteiger partial charge in [-0.1, -0.05) is 47.5 Å². The molecule has 0 atom stereocenters. The minimum atomic E-state index is 0.454. The van der Waals surface area contributed by atoms with Gasteiger partial charge >= 0.3 is 0 Å². The average molecular weight is 356 g/mol. The molecular weight excluding hydrogens is 345 g/mol. The van der Waals surface area contributed by atoms with Crippen LogP contribution in [0.1, 0.15) is 5.82 Å². The summed E-state index contributed by atoms with van der Waals surface area (Å²) in [7, 11) is 0. The molecule has 0 fully saturated rings. The highest BCUT2D eigenvalue weighted by atomic mass is 35.5. The second-order valence-electron chi connectivity index (χ2n) is 5.28. The lowest BCUT2D eigenvalue weighted by atomic mass is 10.0. The summed E-state index contributed by atoms with van der Waals surface area (Å²) in [5, 5.41) is 14.1. The average Bonchev–Trinajstić information content (AvgIpc) is 2.96. The Hall–Kier alpha value is -2.50. The smallest absolute Gasteiger partial charge is 0.207 e. The van der Waals surface area contributed by atoms with E-state index in [1.54, 1.807) is 4.52 Å². The first kappa shape index (κ1) is 15.1. The van der Waals surface area contributed by atoms with E-state index in [4.69, 9.17) is 23.2 Å². The number of hydrogen-bond donors (Lipinski definition) is 0. The molecule has 0 aliphatic rings. The fourth-order valence-electron chi connectivity index (χ4n) is 2.44. The highest BCUT2D eigenvalue weighted by Gasteiger charge is 2.15. The molecule has 4 rings (SSSR count). The van der Waals surface area contributed by atoms with Crippen molar-refractivity contribution in [1.29, 1.82) is 0 Å². The molecule has 4 aromatic rings. The molecular formula is C17H11Cl2N5. The lowest BCUT2D eigenvalue weighted by molar-refractivity contribution is 0.865. The van der Waals surface area contributed by atoms with Gasteiger partial charge in [0.25, 0.3) is 5.78 Å². The Labute approximate surface area is 147 Å². The maximum atomic E-state index is 6.00. The van der Waals surface area contributed by atoms with Gasteiger partial charge < -0.3 is 0 Å². The summed E-state index contributed by atoms with van der Waals surface area (Å²) in [4.78, 5) is 4.65. The molecule has 0 saturated carbocycles. The topological polar surface area (TPSA) is 56.0 Å². The molecule has 0 aliphatic heterocycles. The number of aromatic nitrogens is 5. The van der Waals surface area contributed by atoms with Gasteiger partial charge in [-0.25, -0.2) is 4.98 Å². The molecule has 0 unspecified atom stereocenters. The SMILES string of the molecule is Cc1nnc2nc(-c3ccc(Cl)cc3)c(-c3ccc(Cl)cc3)nn12. The second kappa shape index (κ2) is 5.85. The predicted molar refractivity (Wildman–Crippen MR) is 94.2 cm³/mol. The molecule has 2 aromatic heterocycles. The van der Waals surface area contributed by atoms with Crippen LogP contribution in [0.2, 0.25) is 10.0 Å². The molecule has 0 aliphatic carbocycles. The van der Waals surface area contributed by atoms with Crippen LogP contribution < -0.4 is 0 Å². The first-order valence-electron chi connectivity index (χ1n) is 7.24. The van der Waals surface area contributed by atoms with Crippen molar-refractivity contribution in [2.75, 3.05) is 0 Å². The number of nitrogens with zero attached hydrogens (tertiary/aromatic N) is 5. The van der Waals surface area contributed by atoms with Gasteiger partial charge in [0.2, 0.25) is 0 Å². The fourth-order valence-corrected chi connectivity index (χ4v) is 2.70. The molecule has 0 bridgehead atoms. The van der Waals surface area contributed by atoms with Crippen LogP contribution in [0.25, 0.3) is 28.3 Å². The Morgan fingerprint density at radius 3 is 1.88 bits per heavy atom. The molecule has 118 valence electrons. The van der Waals surface area contributed by atoms with E-state index >= 15 is 0 Å². The van der Waals surface area contributed by atoms with E-state index in [1.165, 1.54) is 0 Å². The Bertz CT molecular complexity index is 1020. The number of rotatable bonds is 2. The highest BCUT2D eigenvalue weighted by Crippen LogP contribution is 2.30. The molecule has 0 spiro atoms. The summed E-state index contributed by atoms with van der Waals surface area (Å²) in [6, 6.07) is 14.9. The minimum Gasteiger partial charge on any atom is -0.207 e. The summed E-state index contributed by atoms with van der Waals surface area (Å²) in [6.45, 7) is 1.84. The van der Waals surface area contributed by atoms with Gasteiger partial charge in [-0.15, -0.1) is 10.2 Å². The Morgan fingerprint density at radius 1 is 0.750 bits per heavy atom. The monoisotopic (exact) mass is 355 g/mol. The van der Waals surface area contributed by atoms with E-state index in [2.05, 4.69) is 20.3 Å². The molecule has 2 heterocycles. The number of halogens is 2. The van der Waals surface area contributed by atoms with Crippen molar-refractivity contribution in [3.05, 3.63) is 64.4 Å². The summed E-state index contributed by atoms with van der Waals surface area (Å²) in [5.41, 5.74) is 3.25. The van der Waals surface area contributed by atoms with Gasteiger partial charge in [0.05, 0.1) is 0 Å². The third-order valence-electron chi connectivity index (χ3n) is 3.65. The van der Waals surface area contributed by atoms with Gasteiger partial charge in [0.15, 0.2) is 5.82 Å². The molecule has 2 aromatic carbocycles. The Morgan fingerprint density at radius 2 is 1.29 bits per heavy atom. The summed E-state index contributed by atoms with van der Waals surface area (Å²) >= 11 is 12.0. The van der Waals surface area contributed by atoms with Crippen molar-refractivity contribution >= 4 is 29.0 Å². The molecule has 0 amide bonds. The van der Waals surface area contributed by atoms with E-state index in [0.717, 1.165) is 16.8 Å². The van der Waals surface area contributed by atoms with Gasteiger partial charge in [-0.2, -0.15) is 9.61 Å². The van der Waals surface area contributed by atoms with Crippen LogP contribution in [-0.4, -0.2) is 24.8 Å². The van der Waals surface area contributed by atoms with E-state index in [9.17, 15) is 0 Å². The lowest BCUT2D eigenvalue weighted by Gasteiger charge is -2.09. The molecule has 5 nitrogen and oxygen atoms in total. The molecule has 0 radical (unpaired) electrons. The molecule has 24 heavy (non-hydrogen) atoms. The van der Waals surface area contributed by atoms with E-state index in [-0.39, 0.29) is 0 Å². The number of aryl methyl sites for hydroxylation is 1. The second-order valence-corrected chi connectivity index (χ2v) is 6.15. The summed E-state index contributed by atoms with van der Waals surface area (Å²) in [6.07, 6.45) is 0. The lowest BCUT2D eigenvalue weighted by Crippen LogP contribution is -2.03. The summed E-state index contributed by atoms with van der Waals surface area (Å²) in [5.74, 6) is 1.13. The van der Waals surface area contributed by atoms with E-state index in [1.807, 2.05) is 55.5 Å². The maximum absolute atomic E-state index is 6.00. The number of fused-ring (bicyclic) bond motifs is 1. The largest absolute Gasteiger partial charge is 0.272 e. The Balaban J connectivity index is 2.00. The zero-order valence-corrected chi connectivity index (χ0v) is 14.1. The van der Waals surface area contributed by atoms with Crippen LogP contribution in [-0.2, 0) is 0 Å². The zero-order chi connectivity index (χ0) is 16.7. The van der Waals surface area contributed by atoms with Crippen molar-refractivity contribution in [1.82, 2.24) is 24.8 Å². The van der Waals surface area contributed by atoms with Crippen LogP contribution in [0.3, 0.4) is 0 Å². The quantitative estimate of drug-likeness (QED) is 0.532. The van der Waals surface area contributed by atoms with Crippen molar-refractivity contribution in [2.45, 2.75) is 6.92 Å². The number of benzene rings is 2. The van der Waals surface area contributed by atoms with Gasteiger partial charge in [0, 0.05) is 21.2 Å². The van der Waals surface area contributed by atoms with Crippen LogP contribution in [0.5, 0.6) is 0 Å².